The summed E-state index contributed by atoms with van der Waals surface area (Å²) in [6.45, 7) is -0.443. The lowest BCUT2D eigenvalue weighted by molar-refractivity contribution is 0.415. The van der Waals surface area contributed by atoms with Gasteiger partial charge in [0.05, 0.1) is 25.5 Å². The van der Waals surface area contributed by atoms with Crippen molar-refractivity contribution in [3.63, 3.8) is 0 Å². The Balaban J connectivity index is 1.88. The third-order valence-corrected chi connectivity index (χ3v) is 4.95. The summed E-state index contributed by atoms with van der Waals surface area (Å²) in [5.41, 5.74) is -1.13. The molecule has 11 heteroatoms. The summed E-state index contributed by atoms with van der Waals surface area (Å²) in [7, 11) is 1.49. The molecule has 0 saturated carbocycles. The molecule has 35 heavy (non-hydrogen) atoms. The maximum absolute atomic E-state index is 13.8. The molecule has 0 radical (unpaired) electrons. The molecule has 2 aromatic heterocycles. The van der Waals surface area contributed by atoms with Crippen LogP contribution in [0.25, 0.3) is 5.69 Å². The lowest BCUT2D eigenvalue weighted by Gasteiger charge is -2.16. The van der Waals surface area contributed by atoms with Crippen LogP contribution in [-0.4, -0.2) is 26.2 Å². The van der Waals surface area contributed by atoms with E-state index in [0.29, 0.717) is 21.6 Å². The highest BCUT2D eigenvalue weighted by Crippen LogP contribution is 2.20. The SMILES string of the molecule is C#Cc1cncc(-n2c(=O)nc(Nc3ccc(OC)cc3)n(Cc3cc(F)c(F)c(F)c3)c2=O)c1. The molecular weight excluding hydrogens is 463 g/mol. The molecule has 0 fully saturated rings. The highest BCUT2D eigenvalue weighted by molar-refractivity contribution is 5.55. The molecule has 0 atom stereocenters. The highest BCUT2D eigenvalue weighted by Gasteiger charge is 2.18. The van der Waals surface area contributed by atoms with Crippen LogP contribution in [0.2, 0.25) is 0 Å². The fourth-order valence-electron chi connectivity index (χ4n) is 3.27. The van der Waals surface area contributed by atoms with E-state index in [1.54, 1.807) is 24.3 Å². The number of hydrogen-bond donors (Lipinski definition) is 1. The predicted molar refractivity (Wildman–Crippen MR) is 122 cm³/mol. The van der Waals surface area contributed by atoms with Gasteiger partial charge in [0, 0.05) is 17.4 Å². The monoisotopic (exact) mass is 479 g/mol. The van der Waals surface area contributed by atoms with Gasteiger partial charge in [0.15, 0.2) is 17.5 Å². The largest absolute Gasteiger partial charge is 0.497 e. The van der Waals surface area contributed by atoms with Gasteiger partial charge in [0.25, 0.3) is 0 Å². The van der Waals surface area contributed by atoms with Crippen LogP contribution in [0.15, 0.2) is 64.4 Å². The molecule has 0 saturated heterocycles. The second-order valence-corrected chi connectivity index (χ2v) is 7.23. The third-order valence-electron chi connectivity index (χ3n) is 4.95. The van der Waals surface area contributed by atoms with Crippen LogP contribution in [0, 0.1) is 29.8 Å². The third kappa shape index (κ3) is 4.77. The zero-order valence-corrected chi connectivity index (χ0v) is 18.1. The summed E-state index contributed by atoms with van der Waals surface area (Å²) in [5.74, 6) is -1.79. The number of terminal acetylenes is 1. The lowest BCUT2D eigenvalue weighted by atomic mass is 10.2. The van der Waals surface area contributed by atoms with Crippen molar-refractivity contribution in [1.29, 1.82) is 0 Å². The number of pyridine rings is 1. The van der Waals surface area contributed by atoms with E-state index in [1.165, 1.54) is 25.6 Å². The number of nitrogens with zero attached hydrogens (tertiary/aromatic N) is 4. The van der Waals surface area contributed by atoms with E-state index >= 15 is 0 Å². The molecule has 2 heterocycles. The van der Waals surface area contributed by atoms with Crippen molar-refractivity contribution in [3.8, 4) is 23.8 Å². The lowest BCUT2D eigenvalue weighted by Crippen LogP contribution is -2.41. The predicted octanol–water partition coefficient (Wildman–Crippen LogP) is 2.99. The van der Waals surface area contributed by atoms with E-state index in [2.05, 4.69) is 21.2 Å². The van der Waals surface area contributed by atoms with Crippen LogP contribution in [0.1, 0.15) is 11.1 Å². The Morgan fingerprint density at radius 2 is 1.74 bits per heavy atom. The molecule has 4 aromatic rings. The Morgan fingerprint density at radius 3 is 2.37 bits per heavy atom. The minimum atomic E-state index is -1.64. The van der Waals surface area contributed by atoms with Crippen molar-refractivity contribution in [2.24, 2.45) is 0 Å². The van der Waals surface area contributed by atoms with E-state index < -0.39 is 35.4 Å². The van der Waals surface area contributed by atoms with Crippen molar-refractivity contribution in [3.05, 3.63) is 104 Å². The number of hydrogen-bond acceptors (Lipinski definition) is 6. The van der Waals surface area contributed by atoms with Crippen molar-refractivity contribution >= 4 is 11.6 Å². The fourth-order valence-corrected chi connectivity index (χ4v) is 3.27. The second kappa shape index (κ2) is 9.56. The maximum Gasteiger partial charge on any atom is 0.359 e. The molecule has 0 aliphatic heterocycles. The van der Waals surface area contributed by atoms with Gasteiger partial charge in [-0.05, 0) is 48.0 Å². The topological polar surface area (TPSA) is 91.0 Å². The van der Waals surface area contributed by atoms with E-state index in [-0.39, 0.29) is 17.2 Å². The average molecular weight is 479 g/mol. The average Bonchev–Trinajstić information content (AvgIpc) is 2.85. The van der Waals surface area contributed by atoms with Gasteiger partial charge < -0.3 is 10.1 Å². The molecular formula is C24H16F3N5O3. The van der Waals surface area contributed by atoms with E-state index in [4.69, 9.17) is 11.2 Å². The van der Waals surface area contributed by atoms with Crippen LogP contribution in [0.4, 0.5) is 24.8 Å². The van der Waals surface area contributed by atoms with Crippen molar-refractivity contribution in [2.45, 2.75) is 6.54 Å². The van der Waals surface area contributed by atoms with Gasteiger partial charge >= 0.3 is 11.4 Å². The smallest absolute Gasteiger partial charge is 0.359 e. The molecule has 0 unspecified atom stereocenters. The number of halogens is 3. The first-order chi connectivity index (χ1) is 16.8. The van der Waals surface area contributed by atoms with Crippen LogP contribution in [0.5, 0.6) is 5.75 Å². The number of anilines is 2. The first-order valence-corrected chi connectivity index (χ1v) is 10.0. The van der Waals surface area contributed by atoms with E-state index in [1.807, 2.05) is 0 Å². The summed E-state index contributed by atoms with van der Waals surface area (Å²) in [6.07, 6.45) is 7.98. The van der Waals surface area contributed by atoms with Crippen LogP contribution < -0.4 is 21.4 Å². The Kier molecular flexibility index (Phi) is 6.37. The maximum atomic E-state index is 13.8. The highest BCUT2D eigenvalue weighted by atomic mass is 19.2. The van der Waals surface area contributed by atoms with Gasteiger partial charge in [0.1, 0.15) is 5.75 Å². The first kappa shape index (κ1) is 23.3. The Morgan fingerprint density at radius 1 is 1.06 bits per heavy atom. The Hall–Kier alpha value is -4.85. The van der Waals surface area contributed by atoms with Gasteiger partial charge in [-0.1, -0.05) is 5.92 Å². The number of ether oxygens (including phenoxy) is 1. The van der Waals surface area contributed by atoms with Gasteiger partial charge in [-0.2, -0.15) is 4.98 Å². The molecule has 0 bridgehead atoms. The summed E-state index contributed by atoms with van der Waals surface area (Å²) in [5, 5.41) is 2.84. The van der Waals surface area contributed by atoms with E-state index in [9.17, 15) is 22.8 Å². The van der Waals surface area contributed by atoms with Crippen LogP contribution in [-0.2, 0) is 6.54 Å². The molecule has 176 valence electrons. The molecule has 0 spiro atoms. The minimum absolute atomic E-state index is 0.0455. The van der Waals surface area contributed by atoms with Gasteiger partial charge in [0.2, 0.25) is 5.95 Å². The molecule has 1 N–H and O–H groups in total. The zero-order chi connectivity index (χ0) is 25.1. The van der Waals surface area contributed by atoms with Gasteiger partial charge in [-0.3, -0.25) is 9.55 Å². The molecule has 0 amide bonds. The van der Waals surface area contributed by atoms with E-state index in [0.717, 1.165) is 16.7 Å². The van der Waals surface area contributed by atoms with Gasteiger partial charge in [-0.25, -0.2) is 27.3 Å². The Bertz CT molecular complexity index is 1550. The van der Waals surface area contributed by atoms with Crippen molar-refractivity contribution < 1.29 is 17.9 Å². The Labute approximate surface area is 196 Å². The number of rotatable bonds is 6. The summed E-state index contributed by atoms with van der Waals surface area (Å²) in [6, 6.07) is 9.36. The molecule has 0 aliphatic carbocycles. The second-order valence-electron chi connectivity index (χ2n) is 7.23. The molecule has 8 nitrogen and oxygen atoms in total. The number of benzene rings is 2. The molecule has 2 aromatic carbocycles. The van der Waals surface area contributed by atoms with Crippen molar-refractivity contribution in [1.82, 2.24) is 19.1 Å². The number of methoxy groups -OCH3 is 1. The standard InChI is InChI=1S/C24H16F3N5O3/c1-3-14-8-17(12-28-11-14)32-23(33)30-22(29-16-4-6-18(35-2)7-5-16)31(24(32)34)13-15-9-19(25)21(27)20(26)10-15/h1,4-12H,13H2,2H3,(H,29,30,33). The fraction of sp³-hybridized carbons (Fsp3) is 0.0833. The molecule has 0 aliphatic rings. The first-order valence-electron chi connectivity index (χ1n) is 10.0. The van der Waals surface area contributed by atoms with Gasteiger partial charge in [-0.15, -0.1) is 6.42 Å². The quantitative estimate of drug-likeness (QED) is 0.338. The zero-order valence-electron chi connectivity index (χ0n) is 18.1. The summed E-state index contributed by atoms with van der Waals surface area (Å²) in [4.78, 5) is 34.1. The minimum Gasteiger partial charge on any atom is -0.497 e. The summed E-state index contributed by atoms with van der Waals surface area (Å²) >= 11 is 0. The summed E-state index contributed by atoms with van der Waals surface area (Å²) < 4.78 is 47.9. The van der Waals surface area contributed by atoms with Crippen LogP contribution >= 0.6 is 0 Å². The number of aromatic nitrogens is 4. The van der Waals surface area contributed by atoms with Crippen molar-refractivity contribution in [2.75, 3.05) is 12.4 Å². The molecule has 4 rings (SSSR count). The normalized spacial score (nSPS) is 10.6. The number of nitrogens with one attached hydrogen (secondary N) is 1. The van der Waals surface area contributed by atoms with Crippen LogP contribution in [0.3, 0.4) is 0 Å².